The first-order chi connectivity index (χ1) is 10.3. The van der Waals surface area contributed by atoms with Crippen LogP contribution in [-0.4, -0.2) is 63.3 Å². The van der Waals surface area contributed by atoms with E-state index in [4.69, 9.17) is 22.7 Å². The van der Waals surface area contributed by atoms with Crippen molar-refractivity contribution in [2.75, 3.05) is 21.3 Å². The molecule has 0 aliphatic carbocycles. The topological polar surface area (TPSA) is 55.4 Å². The molecular formula is C15H33BiO6. The van der Waals surface area contributed by atoms with Crippen molar-refractivity contribution in [2.24, 2.45) is 17.8 Å². The molecule has 0 aliphatic heterocycles. The van der Waals surface area contributed by atoms with Crippen LogP contribution in [-0.2, 0) is 22.7 Å². The van der Waals surface area contributed by atoms with E-state index < -0.39 is 23.1 Å². The van der Waals surface area contributed by atoms with Crippen molar-refractivity contribution in [1.29, 1.82) is 0 Å². The zero-order chi connectivity index (χ0) is 17.3. The van der Waals surface area contributed by atoms with Crippen molar-refractivity contribution in [3.05, 3.63) is 0 Å². The van der Waals surface area contributed by atoms with E-state index in [0.717, 1.165) is 0 Å². The van der Waals surface area contributed by atoms with Crippen molar-refractivity contribution in [3.8, 4) is 0 Å². The van der Waals surface area contributed by atoms with E-state index in [1.54, 1.807) is 21.3 Å². The molecule has 0 saturated carbocycles. The van der Waals surface area contributed by atoms with E-state index in [1.807, 2.05) is 41.5 Å². The average molecular weight is 518 g/mol. The molecule has 0 spiro atoms. The van der Waals surface area contributed by atoms with Crippen LogP contribution in [0.1, 0.15) is 41.5 Å². The molecule has 0 rings (SSSR count). The van der Waals surface area contributed by atoms with Crippen molar-refractivity contribution >= 4 is 23.1 Å². The SMILES string of the molecule is COC([O][Bi]([O]C(OC)C(C)C)[O]C(OC)C(C)C)C(C)C. The quantitative estimate of drug-likeness (QED) is 0.293. The Kier molecular flexibility index (Phi) is 12.4. The monoisotopic (exact) mass is 518 g/mol. The molecule has 0 aromatic heterocycles. The number of rotatable bonds is 12. The summed E-state index contributed by atoms with van der Waals surface area (Å²) < 4.78 is 34.2. The molecule has 0 aromatic rings. The molecule has 0 amide bonds. The second-order valence-electron chi connectivity index (χ2n) is 6.08. The van der Waals surface area contributed by atoms with Crippen LogP contribution >= 0.6 is 0 Å². The Balaban J connectivity index is 4.95. The van der Waals surface area contributed by atoms with Crippen LogP contribution in [0.25, 0.3) is 0 Å². The fourth-order valence-corrected chi connectivity index (χ4v) is 8.04. The van der Waals surface area contributed by atoms with Gasteiger partial charge in [0, 0.05) is 0 Å². The summed E-state index contributed by atoms with van der Waals surface area (Å²) in [6, 6.07) is 0. The van der Waals surface area contributed by atoms with Gasteiger partial charge in [0.25, 0.3) is 0 Å². The van der Waals surface area contributed by atoms with Crippen LogP contribution in [0.5, 0.6) is 0 Å². The maximum absolute atomic E-state index is 6.00. The molecular weight excluding hydrogens is 485 g/mol. The first-order valence-corrected chi connectivity index (χ1v) is 11.9. The Morgan fingerprint density at radius 2 is 0.727 bits per heavy atom. The number of ether oxygens (including phenoxy) is 3. The van der Waals surface area contributed by atoms with Gasteiger partial charge >= 0.3 is 145 Å². The third kappa shape index (κ3) is 8.48. The summed E-state index contributed by atoms with van der Waals surface area (Å²) >= 11 is -3.23. The van der Waals surface area contributed by atoms with Crippen molar-refractivity contribution in [1.82, 2.24) is 0 Å². The summed E-state index contributed by atoms with van der Waals surface area (Å²) in [6.45, 7) is 12.2. The molecule has 22 heavy (non-hydrogen) atoms. The molecule has 0 radical (unpaired) electrons. The van der Waals surface area contributed by atoms with Crippen molar-refractivity contribution in [3.63, 3.8) is 0 Å². The summed E-state index contributed by atoms with van der Waals surface area (Å²) in [4.78, 5) is 0. The molecule has 0 bridgehead atoms. The summed E-state index contributed by atoms with van der Waals surface area (Å²) in [6.07, 6.45) is -1.06. The molecule has 0 N–H and O–H groups in total. The van der Waals surface area contributed by atoms with E-state index >= 15 is 0 Å². The van der Waals surface area contributed by atoms with Crippen molar-refractivity contribution < 1.29 is 22.7 Å². The number of methoxy groups -OCH3 is 3. The standard InChI is InChI=1S/3C5H11O2.Bi/c3*1-4(2)5(6)7-3;/h3*4-5H,1-3H3;/q3*-1;+3. The average Bonchev–Trinajstić information content (AvgIpc) is 2.45. The van der Waals surface area contributed by atoms with Gasteiger partial charge in [-0.1, -0.05) is 0 Å². The van der Waals surface area contributed by atoms with Crippen LogP contribution in [0, 0.1) is 17.8 Å². The third-order valence-electron chi connectivity index (χ3n) is 2.90. The van der Waals surface area contributed by atoms with Gasteiger partial charge in [-0.2, -0.15) is 0 Å². The van der Waals surface area contributed by atoms with Gasteiger partial charge in [0.15, 0.2) is 0 Å². The first kappa shape index (κ1) is 22.6. The van der Waals surface area contributed by atoms with Crippen molar-refractivity contribution in [2.45, 2.75) is 60.4 Å². The molecule has 0 aliphatic rings. The van der Waals surface area contributed by atoms with Gasteiger partial charge in [0.05, 0.1) is 0 Å². The minimum atomic E-state index is -3.23. The fourth-order valence-electron chi connectivity index (χ4n) is 1.64. The predicted molar refractivity (Wildman–Crippen MR) is 85.9 cm³/mol. The number of hydrogen-bond acceptors (Lipinski definition) is 6. The van der Waals surface area contributed by atoms with Gasteiger partial charge in [0.1, 0.15) is 0 Å². The maximum atomic E-state index is 6.00. The molecule has 3 unspecified atom stereocenters. The first-order valence-electron chi connectivity index (χ1n) is 7.65. The molecule has 0 fully saturated rings. The summed E-state index contributed by atoms with van der Waals surface area (Å²) in [7, 11) is 4.87. The van der Waals surface area contributed by atoms with Crippen LogP contribution in [0.4, 0.5) is 0 Å². The van der Waals surface area contributed by atoms with Gasteiger partial charge in [-0.25, -0.2) is 0 Å². The van der Waals surface area contributed by atoms with Gasteiger partial charge in [-0.05, 0) is 0 Å². The predicted octanol–water partition coefficient (Wildman–Crippen LogP) is 2.91. The molecule has 7 heteroatoms. The Morgan fingerprint density at radius 3 is 0.864 bits per heavy atom. The number of hydrogen-bond donors (Lipinski definition) is 0. The van der Waals surface area contributed by atoms with E-state index in [0.29, 0.717) is 0 Å². The molecule has 0 aromatic carbocycles. The molecule has 134 valence electrons. The van der Waals surface area contributed by atoms with Crippen LogP contribution in [0.15, 0.2) is 0 Å². The van der Waals surface area contributed by atoms with E-state index in [2.05, 4.69) is 0 Å². The molecule has 0 heterocycles. The Hall–Kier alpha value is 0.643. The van der Waals surface area contributed by atoms with Crippen LogP contribution in [0.3, 0.4) is 0 Å². The zero-order valence-electron chi connectivity index (χ0n) is 15.4. The Bertz CT molecular complexity index is 232. The zero-order valence-corrected chi connectivity index (χ0v) is 18.8. The van der Waals surface area contributed by atoms with Gasteiger partial charge in [-0.15, -0.1) is 0 Å². The third-order valence-corrected chi connectivity index (χ3v) is 7.33. The normalized spacial score (nSPS) is 16.8. The molecule has 3 atom stereocenters. The van der Waals surface area contributed by atoms with Gasteiger partial charge < -0.3 is 0 Å². The summed E-state index contributed by atoms with van der Waals surface area (Å²) in [5, 5.41) is 0. The summed E-state index contributed by atoms with van der Waals surface area (Å²) in [5.74, 6) is 0.611. The fraction of sp³-hybridized carbons (Fsp3) is 1.00. The Morgan fingerprint density at radius 1 is 0.500 bits per heavy atom. The van der Waals surface area contributed by atoms with Gasteiger partial charge in [-0.3, -0.25) is 0 Å². The van der Waals surface area contributed by atoms with E-state index in [9.17, 15) is 0 Å². The van der Waals surface area contributed by atoms with E-state index in [-0.39, 0.29) is 36.6 Å². The van der Waals surface area contributed by atoms with Crippen LogP contribution < -0.4 is 0 Å². The minimum absolute atomic E-state index is 0.204. The van der Waals surface area contributed by atoms with Crippen LogP contribution in [0.2, 0.25) is 0 Å². The van der Waals surface area contributed by atoms with E-state index in [1.165, 1.54) is 0 Å². The molecule has 6 nitrogen and oxygen atoms in total. The summed E-state index contributed by atoms with van der Waals surface area (Å²) in [5.41, 5.74) is 0. The Labute approximate surface area is 145 Å². The second-order valence-corrected chi connectivity index (χ2v) is 10.3. The van der Waals surface area contributed by atoms with Gasteiger partial charge in [0.2, 0.25) is 0 Å². The second kappa shape index (κ2) is 12.1. The molecule has 0 saturated heterocycles.